The van der Waals surface area contributed by atoms with Gasteiger partial charge in [0.25, 0.3) is 5.89 Å². The lowest BCUT2D eigenvalue weighted by molar-refractivity contribution is 0.408. The van der Waals surface area contributed by atoms with E-state index in [1.54, 1.807) is 19.2 Å². The van der Waals surface area contributed by atoms with Gasteiger partial charge in [0, 0.05) is 5.56 Å². The topological polar surface area (TPSA) is 68.4 Å². The molecule has 1 heterocycles. The van der Waals surface area contributed by atoms with Crippen LogP contribution in [0.4, 0.5) is 0 Å². The van der Waals surface area contributed by atoms with Gasteiger partial charge in [0.15, 0.2) is 0 Å². The van der Waals surface area contributed by atoms with Gasteiger partial charge in [0.2, 0.25) is 5.82 Å². The fourth-order valence-corrected chi connectivity index (χ4v) is 1.97. The molecule has 1 aromatic heterocycles. The lowest BCUT2D eigenvalue weighted by atomic mass is 10.1. The molecule has 0 saturated carbocycles. The molecular weight excluding hydrogens is 268 g/mol. The fraction of sp³-hybridized carbons (Fsp3) is 0.125. The predicted octanol–water partition coefficient (Wildman–Crippen LogP) is 3.43. The van der Waals surface area contributed by atoms with Crippen molar-refractivity contribution < 1.29 is 14.4 Å². The summed E-state index contributed by atoms with van der Waals surface area (Å²) < 4.78 is 10.4. The van der Waals surface area contributed by atoms with Crippen molar-refractivity contribution in [2.24, 2.45) is 0 Å². The van der Waals surface area contributed by atoms with Crippen LogP contribution in [-0.2, 0) is 0 Å². The number of ether oxygens (including phenoxy) is 1. The lowest BCUT2D eigenvalue weighted by Gasteiger charge is -2.02. The first kappa shape index (κ1) is 13.2. The fourth-order valence-electron chi connectivity index (χ4n) is 1.97. The number of hydrogen-bond acceptors (Lipinski definition) is 5. The van der Waals surface area contributed by atoms with E-state index >= 15 is 0 Å². The summed E-state index contributed by atoms with van der Waals surface area (Å²) in [5.74, 6) is 1.40. The Kier molecular flexibility index (Phi) is 3.31. The summed E-state index contributed by atoms with van der Waals surface area (Å²) in [4.78, 5) is 4.32. The number of rotatable bonds is 3. The predicted molar refractivity (Wildman–Crippen MR) is 78.1 cm³/mol. The molecule has 21 heavy (non-hydrogen) atoms. The lowest BCUT2D eigenvalue weighted by Crippen LogP contribution is -1.85. The van der Waals surface area contributed by atoms with Crippen molar-refractivity contribution in [3.05, 3.63) is 48.0 Å². The Balaban J connectivity index is 2.00. The smallest absolute Gasteiger partial charge is 0.262 e. The Hall–Kier alpha value is -2.82. The number of nitrogens with zero attached hydrogens (tertiary/aromatic N) is 2. The van der Waals surface area contributed by atoms with Gasteiger partial charge in [0.05, 0.1) is 12.7 Å². The second kappa shape index (κ2) is 5.28. The van der Waals surface area contributed by atoms with Gasteiger partial charge in [-0.25, -0.2) is 0 Å². The summed E-state index contributed by atoms with van der Waals surface area (Å²) in [5.41, 5.74) is 2.46. The summed E-state index contributed by atoms with van der Waals surface area (Å²) in [6, 6.07) is 12.7. The van der Waals surface area contributed by atoms with E-state index in [0.717, 1.165) is 11.1 Å². The first-order valence-corrected chi connectivity index (χ1v) is 6.45. The van der Waals surface area contributed by atoms with Crippen LogP contribution in [0.1, 0.15) is 5.56 Å². The standard InChI is InChI=1S/C16H14N2O3/c1-10-3-5-11(6-4-10)15-17-16(21-18-15)13-9-12(20-2)7-8-14(13)19/h3-9,19H,1-2H3. The highest BCUT2D eigenvalue weighted by Gasteiger charge is 2.15. The van der Waals surface area contributed by atoms with E-state index in [-0.39, 0.29) is 11.6 Å². The minimum Gasteiger partial charge on any atom is -0.507 e. The minimum atomic E-state index is 0.0647. The van der Waals surface area contributed by atoms with E-state index in [1.807, 2.05) is 31.2 Å². The molecule has 3 rings (SSSR count). The van der Waals surface area contributed by atoms with Gasteiger partial charge in [-0.2, -0.15) is 4.98 Å². The van der Waals surface area contributed by atoms with E-state index in [0.29, 0.717) is 17.1 Å². The van der Waals surface area contributed by atoms with Gasteiger partial charge in [0.1, 0.15) is 11.5 Å². The number of aryl methyl sites for hydroxylation is 1. The van der Waals surface area contributed by atoms with E-state index in [9.17, 15) is 5.11 Å². The van der Waals surface area contributed by atoms with Crippen LogP contribution in [0, 0.1) is 6.92 Å². The molecule has 3 aromatic rings. The van der Waals surface area contributed by atoms with E-state index in [2.05, 4.69) is 10.1 Å². The highest BCUT2D eigenvalue weighted by atomic mass is 16.5. The van der Waals surface area contributed by atoms with Gasteiger partial charge in [-0.3, -0.25) is 0 Å². The van der Waals surface area contributed by atoms with Crippen LogP contribution in [0.5, 0.6) is 11.5 Å². The Labute approximate surface area is 121 Å². The number of benzene rings is 2. The monoisotopic (exact) mass is 282 g/mol. The molecule has 1 N–H and O–H groups in total. The Morgan fingerprint density at radius 1 is 1.10 bits per heavy atom. The van der Waals surface area contributed by atoms with E-state index in [1.165, 1.54) is 6.07 Å². The maximum absolute atomic E-state index is 9.92. The molecule has 0 saturated heterocycles. The van der Waals surface area contributed by atoms with Crippen molar-refractivity contribution >= 4 is 0 Å². The molecule has 0 bridgehead atoms. The summed E-state index contributed by atoms with van der Waals surface area (Å²) >= 11 is 0. The number of phenols is 1. The third-order valence-corrected chi connectivity index (χ3v) is 3.17. The van der Waals surface area contributed by atoms with Gasteiger partial charge in [-0.15, -0.1) is 0 Å². The molecule has 0 radical (unpaired) electrons. The van der Waals surface area contributed by atoms with Crippen molar-refractivity contribution in [3.8, 4) is 34.3 Å². The second-order valence-corrected chi connectivity index (χ2v) is 4.67. The van der Waals surface area contributed by atoms with Crippen molar-refractivity contribution in [1.82, 2.24) is 10.1 Å². The summed E-state index contributed by atoms with van der Waals surface area (Å²) in [5, 5.41) is 13.9. The zero-order valence-corrected chi connectivity index (χ0v) is 11.7. The Morgan fingerprint density at radius 2 is 1.86 bits per heavy atom. The summed E-state index contributed by atoms with van der Waals surface area (Å²) in [6.45, 7) is 2.01. The van der Waals surface area contributed by atoms with Crippen molar-refractivity contribution in [3.63, 3.8) is 0 Å². The summed E-state index contributed by atoms with van der Waals surface area (Å²) in [6.07, 6.45) is 0. The van der Waals surface area contributed by atoms with Crippen LogP contribution in [0.3, 0.4) is 0 Å². The number of phenolic OH excluding ortho intramolecular Hbond substituents is 1. The van der Waals surface area contributed by atoms with Crippen LogP contribution in [0.15, 0.2) is 47.0 Å². The average Bonchev–Trinajstić information content (AvgIpc) is 2.98. The molecule has 5 heteroatoms. The second-order valence-electron chi connectivity index (χ2n) is 4.67. The van der Waals surface area contributed by atoms with Crippen molar-refractivity contribution in [1.29, 1.82) is 0 Å². The Morgan fingerprint density at radius 3 is 2.57 bits per heavy atom. The zero-order valence-electron chi connectivity index (χ0n) is 11.7. The zero-order chi connectivity index (χ0) is 14.8. The highest BCUT2D eigenvalue weighted by Crippen LogP contribution is 2.32. The number of methoxy groups -OCH3 is 1. The largest absolute Gasteiger partial charge is 0.507 e. The molecule has 0 amide bonds. The molecule has 2 aromatic carbocycles. The van der Waals surface area contributed by atoms with Crippen LogP contribution >= 0.6 is 0 Å². The van der Waals surface area contributed by atoms with E-state index in [4.69, 9.17) is 9.26 Å². The first-order valence-electron chi connectivity index (χ1n) is 6.45. The normalized spacial score (nSPS) is 10.6. The Bertz CT molecular complexity index is 763. The molecule has 0 aliphatic carbocycles. The molecule has 0 aliphatic heterocycles. The van der Waals surface area contributed by atoms with Crippen LogP contribution in [0.25, 0.3) is 22.8 Å². The minimum absolute atomic E-state index is 0.0647. The van der Waals surface area contributed by atoms with Gasteiger partial charge < -0.3 is 14.4 Å². The molecule has 106 valence electrons. The molecule has 0 aliphatic rings. The van der Waals surface area contributed by atoms with Gasteiger partial charge in [-0.05, 0) is 25.1 Å². The third-order valence-electron chi connectivity index (χ3n) is 3.17. The third kappa shape index (κ3) is 2.58. The summed E-state index contributed by atoms with van der Waals surface area (Å²) in [7, 11) is 1.56. The molecular formula is C16H14N2O3. The maximum atomic E-state index is 9.92. The van der Waals surface area contributed by atoms with Gasteiger partial charge in [-0.1, -0.05) is 35.0 Å². The molecule has 0 unspecified atom stereocenters. The van der Waals surface area contributed by atoms with Crippen LogP contribution in [-0.4, -0.2) is 22.4 Å². The first-order chi connectivity index (χ1) is 10.2. The SMILES string of the molecule is COc1ccc(O)c(-c2nc(-c3ccc(C)cc3)no2)c1. The van der Waals surface area contributed by atoms with E-state index < -0.39 is 0 Å². The maximum Gasteiger partial charge on any atom is 0.262 e. The van der Waals surface area contributed by atoms with Crippen LogP contribution < -0.4 is 4.74 Å². The van der Waals surface area contributed by atoms with Crippen molar-refractivity contribution in [2.45, 2.75) is 6.92 Å². The number of aromatic nitrogens is 2. The van der Waals surface area contributed by atoms with Crippen LogP contribution in [0.2, 0.25) is 0 Å². The molecule has 0 spiro atoms. The average molecular weight is 282 g/mol. The molecule has 0 atom stereocenters. The quantitative estimate of drug-likeness (QED) is 0.797. The highest BCUT2D eigenvalue weighted by molar-refractivity contribution is 5.66. The number of hydrogen-bond donors (Lipinski definition) is 1. The molecule has 5 nitrogen and oxygen atoms in total. The molecule has 0 fully saturated rings. The number of aromatic hydroxyl groups is 1. The van der Waals surface area contributed by atoms with Gasteiger partial charge >= 0.3 is 0 Å². The van der Waals surface area contributed by atoms with Crippen molar-refractivity contribution in [2.75, 3.05) is 7.11 Å².